The minimum absolute atomic E-state index is 0.0683. The third-order valence-corrected chi connectivity index (χ3v) is 2.20. The van der Waals surface area contributed by atoms with Gasteiger partial charge in [-0.05, 0) is 31.5 Å². The van der Waals surface area contributed by atoms with E-state index in [-0.39, 0.29) is 11.7 Å². The van der Waals surface area contributed by atoms with Gasteiger partial charge in [0, 0.05) is 0 Å². The van der Waals surface area contributed by atoms with Crippen LogP contribution in [-0.4, -0.2) is 28.2 Å². The topological polar surface area (TPSA) is 66.8 Å². The van der Waals surface area contributed by atoms with Gasteiger partial charge in [-0.25, -0.2) is 4.79 Å². The smallest absolute Gasteiger partial charge is 0.377 e. The number of aliphatic hydroxyl groups excluding tert-OH is 1. The van der Waals surface area contributed by atoms with E-state index >= 15 is 0 Å². The van der Waals surface area contributed by atoms with Gasteiger partial charge in [0.25, 0.3) is 0 Å². The second-order valence-corrected chi connectivity index (χ2v) is 4.07. The maximum Gasteiger partial charge on any atom is 0.377 e. The van der Waals surface area contributed by atoms with Crippen LogP contribution in [0.5, 0.6) is 5.75 Å². The maximum atomic E-state index is 13.1. The molecule has 100 valence electrons. The van der Waals surface area contributed by atoms with Crippen molar-refractivity contribution < 1.29 is 28.5 Å². The Kier molecular flexibility index (Phi) is 4.24. The summed E-state index contributed by atoms with van der Waals surface area (Å²) in [6, 6.07) is 5.21. The molecule has 1 aromatic rings. The van der Waals surface area contributed by atoms with E-state index < -0.39 is 18.0 Å². The van der Waals surface area contributed by atoms with E-state index in [4.69, 9.17) is 9.84 Å². The molecule has 0 aliphatic rings. The number of hydrogen-bond acceptors (Lipinski definition) is 3. The van der Waals surface area contributed by atoms with Gasteiger partial charge in [-0.2, -0.15) is 8.78 Å². The SMILES string of the molecule is CC(C)Oc1ccc(C(O)C(F)(F)C(=O)O)cc1. The van der Waals surface area contributed by atoms with Crippen LogP contribution in [-0.2, 0) is 4.79 Å². The van der Waals surface area contributed by atoms with Gasteiger partial charge in [-0.3, -0.25) is 0 Å². The van der Waals surface area contributed by atoms with Crippen LogP contribution in [0.2, 0.25) is 0 Å². The average Bonchev–Trinajstić information content (AvgIpc) is 2.28. The first kappa shape index (κ1) is 14.4. The van der Waals surface area contributed by atoms with E-state index in [1.807, 2.05) is 0 Å². The van der Waals surface area contributed by atoms with Crippen molar-refractivity contribution in [3.05, 3.63) is 29.8 Å². The Hall–Kier alpha value is -1.69. The molecule has 0 aromatic heterocycles. The number of rotatable bonds is 5. The summed E-state index contributed by atoms with van der Waals surface area (Å²) in [7, 11) is 0. The molecule has 2 N–H and O–H groups in total. The van der Waals surface area contributed by atoms with E-state index in [1.165, 1.54) is 24.3 Å². The summed E-state index contributed by atoms with van der Waals surface area (Å²) in [5.74, 6) is -6.13. The molecule has 0 bridgehead atoms. The van der Waals surface area contributed by atoms with Crippen LogP contribution in [0.3, 0.4) is 0 Å². The van der Waals surface area contributed by atoms with E-state index in [0.29, 0.717) is 5.75 Å². The second kappa shape index (κ2) is 5.30. The molecular formula is C12H14F2O4. The molecule has 4 nitrogen and oxygen atoms in total. The van der Waals surface area contributed by atoms with Crippen LogP contribution in [0.25, 0.3) is 0 Å². The quantitative estimate of drug-likeness (QED) is 0.852. The van der Waals surface area contributed by atoms with E-state index in [2.05, 4.69) is 0 Å². The van der Waals surface area contributed by atoms with Crippen molar-refractivity contribution in [3.8, 4) is 5.75 Å². The van der Waals surface area contributed by atoms with E-state index in [1.54, 1.807) is 13.8 Å². The lowest BCUT2D eigenvalue weighted by molar-refractivity contribution is -0.182. The lowest BCUT2D eigenvalue weighted by Crippen LogP contribution is -2.35. The van der Waals surface area contributed by atoms with Crippen LogP contribution >= 0.6 is 0 Å². The summed E-state index contributed by atoms with van der Waals surface area (Å²) in [6.45, 7) is 3.61. The van der Waals surface area contributed by atoms with Gasteiger partial charge in [0.05, 0.1) is 6.10 Å². The molecule has 0 saturated carbocycles. The molecule has 0 spiro atoms. The fourth-order valence-corrected chi connectivity index (χ4v) is 1.33. The van der Waals surface area contributed by atoms with E-state index in [9.17, 15) is 18.7 Å². The fraction of sp³-hybridized carbons (Fsp3) is 0.417. The molecule has 0 heterocycles. The lowest BCUT2D eigenvalue weighted by Gasteiger charge is -2.19. The molecule has 1 unspecified atom stereocenters. The Morgan fingerprint density at radius 1 is 1.28 bits per heavy atom. The van der Waals surface area contributed by atoms with Crippen LogP contribution in [0, 0.1) is 0 Å². The van der Waals surface area contributed by atoms with Gasteiger partial charge < -0.3 is 14.9 Å². The number of hydrogen-bond donors (Lipinski definition) is 2. The number of carboxylic acid groups (broad SMARTS) is 1. The molecule has 18 heavy (non-hydrogen) atoms. The summed E-state index contributed by atoms with van der Waals surface area (Å²) >= 11 is 0. The van der Waals surface area contributed by atoms with Gasteiger partial charge in [0.2, 0.25) is 0 Å². The Balaban J connectivity index is 2.88. The minimum Gasteiger partial charge on any atom is -0.491 e. The van der Waals surface area contributed by atoms with Crippen molar-refractivity contribution in [1.82, 2.24) is 0 Å². The Morgan fingerprint density at radius 2 is 1.78 bits per heavy atom. The Morgan fingerprint density at radius 3 is 2.17 bits per heavy atom. The highest BCUT2D eigenvalue weighted by Crippen LogP contribution is 2.32. The number of benzene rings is 1. The Labute approximate surface area is 103 Å². The summed E-state index contributed by atoms with van der Waals surface area (Å²) in [4.78, 5) is 10.3. The molecule has 0 aliphatic heterocycles. The zero-order chi connectivity index (χ0) is 13.9. The standard InChI is InChI=1S/C12H14F2O4/c1-7(2)18-9-5-3-8(4-6-9)10(15)12(13,14)11(16)17/h3-7,10,15H,1-2H3,(H,16,17). The molecule has 0 aliphatic carbocycles. The number of carbonyl (C=O) groups is 1. The summed E-state index contributed by atoms with van der Waals surface area (Å²) in [5, 5.41) is 17.6. The van der Waals surface area contributed by atoms with Crippen molar-refractivity contribution in [2.75, 3.05) is 0 Å². The maximum absolute atomic E-state index is 13.1. The van der Waals surface area contributed by atoms with Gasteiger partial charge in [0.1, 0.15) is 5.75 Å². The lowest BCUT2D eigenvalue weighted by atomic mass is 10.0. The molecule has 0 amide bonds. The first-order chi connectivity index (χ1) is 8.25. The predicted octanol–water partition coefficient (Wildman–Crippen LogP) is 2.23. The number of halogens is 2. The average molecular weight is 260 g/mol. The van der Waals surface area contributed by atoms with Gasteiger partial charge in [0.15, 0.2) is 6.10 Å². The summed E-state index contributed by atoms with van der Waals surface area (Å²) < 4.78 is 31.4. The van der Waals surface area contributed by atoms with Crippen LogP contribution < -0.4 is 4.74 Å². The molecule has 0 saturated heterocycles. The number of aliphatic hydroxyl groups is 1. The zero-order valence-electron chi connectivity index (χ0n) is 9.93. The first-order valence-corrected chi connectivity index (χ1v) is 5.31. The third kappa shape index (κ3) is 3.16. The molecule has 1 aromatic carbocycles. The molecule has 0 fully saturated rings. The molecular weight excluding hydrogens is 246 g/mol. The fourth-order valence-electron chi connectivity index (χ4n) is 1.33. The van der Waals surface area contributed by atoms with Crippen molar-refractivity contribution in [2.24, 2.45) is 0 Å². The predicted molar refractivity (Wildman–Crippen MR) is 59.7 cm³/mol. The van der Waals surface area contributed by atoms with Crippen molar-refractivity contribution in [3.63, 3.8) is 0 Å². The Bertz CT molecular complexity index is 415. The zero-order valence-corrected chi connectivity index (χ0v) is 9.93. The summed E-state index contributed by atoms with van der Waals surface area (Å²) in [6.07, 6.45) is -2.45. The number of ether oxygens (including phenoxy) is 1. The van der Waals surface area contributed by atoms with Gasteiger partial charge in [-0.15, -0.1) is 0 Å². The van der Waals surface area contributed by atoms with Gasteiger partial charge in [-0.1, -0.05) is 12.1 Å². The van der Waals surface area contributed by atoms with Crippen LogP contribution in [0.4, 0.5) is 8.78 Å². The number of carboxylic acids is 1. The normalized spacial score (nSPS) is 13.4. The highest BCUT2D eigenvalue weighted by Gasteiger charge is 2.47. The summed E-state index contributed by atoms with van der Waals surface area (Å²) in [5.41, 5.74) is -0.182. The third-order valence-electron chi connectivity index (χ3n) is 2.20. The number of aliphatic carboxylic acids is 1. The second-order valence-electron chi connectivity index (χ2n) is 4.07. The molecule has 1 atom stereocenters. The molecule has 6 heteroatoms. The highest BCUT2D eigenvalue weighted by atomic mass is 19.3. The van der Waals surface area contributed by atoms with Crippen LogP contribution in [0.1, 0.15) is 25.5 Å². The van der Waals surface area contributed by atoms with Gasteiger partial charge >= 0.3 is 11.9 Å². The minimum atomic E-state index is -4.22. The molecule has 1 rings (SSSR count). The molecule has 0 radical (unpaired) electrons. The highest BCUT2D eigenvalue weighted by molar-refractivity contribution is 5.76. The monoisotopic (exact) mass is 260 g/mol. The van der Waals surface area contributed by atoms with Crippen LogP contribution in [0.15, 0.2) is 24.3 Å². The number of alkyl halides is 2. The largest absolute Gasteiger partial charge is 0.491 e. The van der Waals surface area contributed by atoms with Crippen molar-refractivity contribution >= 4 is 5.97 Å². The van der Waals surface area contributed by atoms with Crippen molar-refractivity contribution in [1.29, 1.82) is 0 Å². The van der Waals surface area contributed by atoms with E-state index in [0.717, 1.165) is 0 Å². The first-order valence-electron chi connectivity index (χ1n) is 5.31. The van der Waals surface area contributed by atoms with Crippen molar-refractivity contribution in [2.45, 2.75) is 32.0 Å².